The van der Waals surface area contributed by atoms with Gasteiger partial charge in [0.25, 0.3) is 5.24 Å². The largest absolute Gasteiger partial charge is 0.276 e. The van der Waals surface area contributed by atoms with Crippen LogP contribution in [0, 0.1) is 0 Å². The van der Waals surface area contributed by atoms with E-state index in [2.05, 4.69) is 15.9 Å². The first-order valence-corrected chi connectivity index (χ1v) is 5.90. The normalized spacial score (nSPS) is 10.2. The molecule has 0 radical (unpaired) electrons. The molecule has 1 rings (SSSR count). The van der Waals surface area contributed by atoms with Crippen LogP contribution in [-0.4, -0.2) is 11.1 Å². The zero-order valence-corrected chi connectivity index (χ0v) is 10.5. The Labute approximate surface area is 102 Å². The molecule has 0 aliphatic carbocycles. The van der Waals surface area contributed by atoms with Gasteiger partial charge in [-0.05, 0) is 42.1 Å². The Morgan fingerprint density at radius 3 is 2.71 bits per heavy atom. The lowest BCUT2D eigenvalue weighted by Crippen LogP contribution is -1.99. The van der Waals surface area contributed by atoms with Crippen LogP contribution < -0.4 is 0 Å². The molecular weight excluding hydrogens is 287 g/mol. The lowest BCUT2D eigenvalue weighted by molar-refractivity contribution is 0.108. The van der Waals surface area contributed by atoms with E-state index in [-0.39, 0.29) is 0 Å². The molecule has 14 heavy (non-hydrogen) atoms. The fourth-order valence-electron chi connectivity index (χ4n) is 1.24. The molecule has 0 heterocycles. The second-order valence-corrected chi connectivity index (χ2v) is 4.41. The summed E-state index contributed by atoms with van der Waals surface area (Å²) in [5.41, 5.74) is 1.50. The number of rotatable bonds is 4. The SMILES string of the molecule is O=C(Cl)c1cccc(Br)c1CCCCl. The molecule has 1 nitrogen and oxygen atoms in total. The summed E-state index contributed by atoms with van der Waals surface area (Å²) < 4.78 is 0.911. The Kier molecular flexibility index (Phi) is 4.93. The molecule has 76 valence electrons. The summed E-state index contributed by atoms with van der Waals surface area (Å²) in [6, 6.07) is 5.42. The van der Waals surface area contributed by atoms with Crippen molar-refractivity contribution in [2.24, 2.45) is 0 Å². The van der Waals surface area contributed by atoms with Crippen molar-refractivity contribution < 1.29 is 4.79 Å². The second-order valence-electron chi connectivity index (χ2n) is 2.83. The summed E-state index contributed by atoms with van der Waals surface area (Å²) in [6.45, 7) is 0. The third-order valence-corrected chi connectivity index (χ3v) is 3.10. The summed E-state index contributed by atoms with van der Waals surface area (Å²) in [5.74, 6) is 0.581. The van der Waals surface area contributed by atoms with Gasteiger partial charge in [-0.3, -0.25) is 4.79 Å². The van der Waals surface area contributed by atoms with Crippen molar-refractivity contribution >= 4 is 44.4 Å². The molecule has 0 spiro atoms. The number of alkyl halides is 1. The lowest BCUT2D eigenvalue weighted by Gasteiger charge is -2.07. The smallest absolute Gasteiger partial charge is 0.252 e. The minimum atomic E-state index is -0.420. The summed E-state index contributed by atoms with van der Waals surface area (Å²) in [7, 11) is 0. The Morgan fingerprint density at radius 2 is 2.14 bits per heavy atom. The fraction of sp³-hybridized carbons (Fsp3) is 0.300. The van der Waals surface area contributed by atoms with Crippen molar-refractivity contribution in [3.8, 4) is 0 Å². The molecular formula is C10H9BrCl2O. The van der Waals surface area contributed by atoms with Gasteiger partial charge < -0.3 is 0 Å². The first-order valence-electron chi connectivity index (χ1n) is 4.20. The molecule has 0 amide bonds. The summed E-state index contributed by atoms with van der Waals surface area (Å²) in [4.78, 5) is 11.1. The van der Waals surface area contributed by atoms with Gasteiger partial charge in [-0.15, -0.1) is 11.6 Å². The molecule has 0 unspecified atom stereocenters. The summed E-state index contributed by atoms with van der Waals surface area (Å²) in [6.07, 6.45) is 1.60. The maximum Gasteiger partial charge on any atom is 0.252 e. The highest BCUT2D eigenvalue weighted by molar-refractivity contribution is 9.10. The molecule has 0 aliphatic heterocycles. The maximum atomic E-state index is 11.1. The van der Waals surface area contributed by atoms with Crippen molar-refractivity contribution in [3.05, 3.63) is 33.8 Å². The van der Waals surface area contributed by atoms with Crippen LogP contribution in [0.3, 0.4) is 0 Å². The Hall–Kier alpha value is -0.0500. The third-order valence-electron chi connectivity index (χ3n) is 1.89. The molecule has 0 atom stereocenters. The first kappa shape index (κ1) is 12.0. The van der Waals surface area contributed by atoms with Gasteiger partial charge in [0.15, 0.2) is 0 Å². The average Bonchev–Trinajstić information content (AvgIpc) is 2.15. The van der Waals surface area contributed by atoms with E-state index in [9.17, 15) is 4.79 Å². The molecule has 1 aromatic rings. The standard InChI is InChI=1S/C10H9BrCl2O/c11-9-5-1-3-8(10(13)14)7(9)4-2-6-12/h1,3,5H,2,4,6H2. The number of halogens is 3. The lowest BCUT2D eigenvalue weighted by atomic mass is 10.0. The van der Waals surface area contributed by atoms with Gasteiger partial charge in [0.2, 0.25) is 0 Å². The van der Waals surface area contributed by atoms with Gasteiger partial charge in [-0.25, -0.2) is 0 Å². The van der Waals surface area contributed by atoms with Crippen LogP contribution in [-0.2, 0) is 6.42 Å². The van der Waals surface area contributed by atoms with Crippen LogP contribution in [0.25, 0.3) is 0 Å². The van der Waals surface area contributed by atoms with Crippen molar-refractivity contribution in [2.75, 3.05) is 5.88 Å². The number of hydrogen-bond acceptors (Lipinski definition) is 1. The minimum Gasteiger partial charge on any atom is -0.276 e. The third kappa shape index (κ3) is 2.97. The monoisotopic (exact) mass is 294 g/mol. The van der Waals surface area contributed by atoms with E-state index in [0.717, 1.165) is 22.9 Å². The molecule has 0 bridgehead atoms. The van der Waals surface area contributed by atoms with Crippen molar-refractivity contribution in [1.29, 1.82) is 0 Å². The number of hydrogen-bond donors (Lipinski definition) is 0. The van der Waals surface area contributed by atoms with Crippen LogP contribution in [0.15, 0.2) is 22.7 Å². The van der Waals surface area contributed by atoms with Crippen LogP contribution in [0.2, 0.25) is 0 Å². The predicted molar refractivity (Wildman–Crippen MR) is 63.4 cm³/mol. The molecule has 0 N–H and O–H groups in total. The molecule has 0 saturated carbocycles. The van der Waals surface area contributed by atoms with E-state index >= 15 is 0 Å². The van der Waals surface area contributed by atoms with Crippen molar-refractivity contribution in [2.45, 2.75) is 12.8 Å². The van der Waals surface area contributed by atoms with E-state index in [1.165, 1.54) is 0 Å². The second kappa shape index (κ2) is 5.74. The van der Waals surface area contributed by atoms with E-state index < -0.39 is 5.24 Å². The molecule has 0 aliphatic rings. The molecule has 1 aromatic carbocycles. The van der Waals surface area contributed by atoms with Gasteiger partial charge in [0, 0.05) is 15.9 Å². The number of carbonyl (C=O) groups excluding carboxylic acids is 1. The van der Waals surface area contributed by atoms with Crippen LogP contribution in [0.5, 0.6) is 0 Å². The zero-order valence-electron chi connectivity index (χ0n) is 7.40. The Bertz CT molecular complexity index is 339. The molecule has 0 fully saturated rings. The number of benzene rings is 1. The highest BCUT2D eigenvalue weighted by Gasteiger charge is 2.10. The van der Waals surface area contributed by atoms with Gasteiger partial charge in [-0.2, -0.15) is 0 Å². The summed E-state index contributed by atoms with van der Waals surface area (Å²) in [5, 5.41) is -0.420. The van der Waals surface area contributed by atoms with Crippen molar-refractivity contribution in [1.82, 2.24) is 0 Å². The first-order chi connectivity index (χ1) is 6.66. The average molecular weight is 296 g/mol. The predicted octanol–water partition coefficient (Wildman–Crippen LogP) is 4.00. The summed E-state index contributed by atoms with van der Waals surface area (Å²) >= 11 is 14.5. The minimum absolute atomic E-state index is 0.420. The fourth-order valence-corrected chi connectivity index (χ4v) is 2.12. The Balaban J connectivity index is 3.02. The van der Waals surface area contributed by atoms with Crippen LogP contribution in [0.1, 0.15) is 22.3 Å². The maximum absolute atomic E-state index is 11.1. The molecule has 0 saturated heterocycles. The van der Waals surface area contributed by atoms with Gasteiger partial charge >= 0.3 is 0 Å². The highest BCUT2D eigenvalue weighted by atomic mass is 79.9. The van der Waals surface area contributed by atoms with Crippen molar-refractivity contribution in [3.63, 3.8) is 0 Å². The van der Waals surface area contributed by atoms with E-state index in [4.69, 9.17) is 23.2 Å². The molecule has 4 heteroatoms. The number of carbonyl (C=O) groups is 1. The van der Waals surface area contributed by atoms with Crippen LogP contribution in [0.4, 0.5) is 0 Å². The van der Waals surface area contributed by atoms with Gasteiger partial charge in [0.05, 0.1) is 0 Å². The quantitative estimate of drug-likeness (QED) is 0.606. The van der Waals surface area contributed by atoms with E-state index in [1.54, 1.807) is 12.1 Å². The highest BCUT2D eigenvalue weighted by Crippen LogP contribution is 2.23. The van der Waals surface area contributed by atoms with Crippen LogP contribution >= 0.6 is 39.1 Å². The van der Waals surface area contributed by atoms with Gasteiger partial charge in [0.1, 0.15) is 0 Å². The van der Waals surface area contributed by atoms with E-state index in [1.807, 2.05) is 6.07 Å². The van der Waals surface area contributed by atoms with E-state index in [0.29, 0.717) is 11.4 Å². The topological polar surface area (TPSA) is 17.1 Å². The Morgan fingerprint density at radius 1 is 1.43 bits per heavy atom. The van der Waals surface area contributed by atoms with Gasteiger partial charge in [-0.1, -0.05) is 22.0 Å². The molecule has 0 aromatic heterocycles. The zero-order chi connectivity index (χ0) is 10.6.